The quantitative estimate of drug-likeness (QED) is 0.120. The Kier molecular flexibility index (Phi) is 9.00. The molecule has 1 saturated carbocycles. The summed E-state index contributed by atoms with van der Waals surface area (Å²) >= 11 is 0. The zero-order valence-electron chi connectivity index (χ0n) is 19.8. The number of carbonyl (C=O) groups is 2. The molecule has 7 nitrogen and oxygen atoms in total. The Hall–Kier alpha value is -1.16. The predicted molar refractivity (Wildman–Crippen MR) is 138 cm³/mol. The molecule has 0 radical (unpaired) electrons. The van der Waals surface area contributed by atoms with E-state index >= 15 is 0 Å². The number of halogens is 1. The lowest BCUT2D eigenvalue weighted by atomic mass is 9.85. The summed E-state index contributed by atoms with van der Waals surface area (Å²) in [5, 5.41) is 6.58. The van der Waals surface area contributed by atoms with Gasteiger partial charge in [-0.05, 0) is 56.4 Å². The Labute approximate surface area is 209 Å². The number of piperidine rings is 1. The van der Waals surface area contributed by atoms with Gasteiger partial charge in [-0.1, -0.05) is 26.0 Å². The van der Waals surface area contributed by atoms with Crippen LogP contribution in [0.25, 0.3) is 0 Å². The Morgan fingerprint density at radius 3 is 2.22 bits per heavy atom. The first-order chi connectivity index (χ1) is 15.0. The molecule has 2 saturated heterocycles. The molecule has 0 aromatic rings. The van der Waals surface area contributed by atoms with E-state index in [0.717, 1.165) is 50.3 Å². The molecule has 0 spiro atoms. The Morgan fingerprint density at radius 2 is 1.62 bits per heavy atom. The molecular weight excluding hydrogens is 517 g/mol. The smallest absolute Gasteiger partial charge is 0.233 e. The average Bonchev–Trinajstić information content (AvgIpc) is 3.40. The maximum Gasteiger partial charge on any atom is 0.233 e. The Balaban J connectivity index is 0.00000289. The van der Waals surface area contributed by atoms with Gasteiger partial charge in [0.1, 0.15) is 0 Å². The molecule has 0 aromatic heterocycles. The molecule has 2 N–H and O–H groups in total. The molecule has 4 rings (SSSR count). The first-order valence-corrected chi connectivity index (χ1v) is 12.3. The lowest BCUT2D eigenvalue weighted by Crippen LogP contribution is -2.44. The minimum atomic E-state index is -0.107. The standard InChI is InChI=1S/C24H39N5O2.HI/c1-4-25-24(26-8-5-10-28-14-16(2)12-17(3)15-28)27-9-11-29-22(30)20-18-6-7-19(13-18)21(20)23(29)31;/h6-7,16-21H,4-5,8-15H2,1-3H3,(H2,25,26,27);1H. The van der Waals surface area contributed by atoms with Gasteiger partial charge in [-0.2, -0.15) is 0 Å². The first kappa shape index (κ1) is 25.5. The van der Waals surface area contributed by atoms with Crippen LogP contribution in [-0.2, 0) is 9.59 Å². The van der Waals surface area contributed by atoms with E-state index < -0.39 is 0 Å². The molecule has 180 valence electrons. The minimum absolute atomic E-state index is 0. The fourth-order valence-electron chi connectivity index (χ4n) is 6.27. The maximum atomic E-state index is 12.8. The summed E-state index contributed by atoms with van der Waals surface area (Å²) in [6, 6.07) is 0. The zero-order chi connectivity index (χ0) is 22.0. The van der Waals surface area contributed by atoms with Crippen LogP contribution in [0.15, 0.2) is 17.1 Å². The number of nitrogens with one attached hydrogen (secondary N) is 2. The van der Waals surface area contributed by atoms with Crippen LogP contribution in [-0.4, -0.2) is 73.4 Å². The molecule has 8 heteroatoms. The van der Waals surface area contributed by atoms with Crippen molar-refractivity contribution in [3.63, 3.8) is 0 Å². The van der Waals surface area contributed by atoms with Crippen molar-refractivity contribution in [3.8, 4) is 0 Å². The van der Waals surface area contributed by atoms with Crippen molar-refractivity contribution >= 4 is 41.8 Å². The molecule has 2 amide bonds. The third kappa shape index (κ3) is 5.48. The fourth-order valence-corrected chi connectivity index (χ4v) is 6.27. The van der Waals surface area contributed by atoms with E-state index in [1.807, 2.05) is 6.92 Å². The van der Waals surface area contributed by atoms with Crippen LogP contribution in [0.4, 0.5) is 0 Å². The number of hydrogen-bond donors (Lipinski definition) is 2. The second-order valence-electron chi connectivity index (χ2n) is 10.1. The minimum Gasteiger partial charge on any atom is -0.357 e. The van der Waals surface area contributed by atoms with Gasteiger partial charge < -0.3 is 15.5 Å². The molecule has 6 atom stereocenters. The van der Waals surface area contributed by atoms with E-state index in [1.165, 1.54) is 24.4 Å². The third-order valence-electron chi connectivity index (χ3n) is 7.38. The number of imide groups is 1. The van der Waals surface area contributed by atoms with Crippen LogP contribution >= 0.6 is 24.0 Å². The van der Waals surface area contributed by atoms with E-state index in [9.17, 15) is 9.59 Å². The van der Waals surface area contributed by atoms with E-state index in [2.05, 4.69) is 41.5 Å². The predicted octanol–water partition coefficient (Wildman–Crippen LogP) is 2.33. The van der Waals surface area contributed by atoms with Crippen LogP contribution in [0.2, 0.25) is 0 Å². The molecule has 2 aliphatic carbocycles. The van der Waals surface area contributed by atoms with Crippen LogP contribution < -0.4 is 10.6 Å². The molecule has 4 aliphatic rings. The Morgan fingerprint density at radius 1 is 1.00 bits per heavy atom. The van der Waals surface area contributed by atoms with E-state index in [1.54, 1.807) is 0 Å². The maximum absolute atomic E-state index is 12.8. The number of amides is 2. The van der Waals surface area contributed by atoms with Crippen molar-refractivity contribution in [1.29, 1.82) is 0 Å². The van der Waals surface area contributed by atoms with Gasteiger partial charge in [-0.15, -0.1) is 24.0 Å². The highest BCUT2D eigenvalue weighted by Crippen LogP contribution is 2.52. The second kappa shape index (κ2) is 11.3. The number of guanidine groups is 1. The highest BCUT2D eigenvalue weighted by Gasteiger charge is 2.58. The molecular formula is C24H40IN5O2. The van der Waals surface area contributed by atoms with Crippen molar-refractivity contribution < 1.29 is 9.59 Å². The second-order valence-corrected chi connectivity index (χ2v) is 10.1. The van der Waals surface area contributed by atoms with Crippen LogP contribution in [0.1, 0.15) is 40.0 Å². The topological polar surface area (TPSA) is 77.0 Å². The summed E-state index contributed by atoms with van der Waals surface area (Å²) in [6.45, 7) is 12.7. The van der Waals surface area contributed by atoms with E-state index in [0.29, 0.717) is 13.1 Å². The SMILES string of the molecule is CCNC(=NCCCN1CC(C)CC(C)C1)NCCN1C(=O)C2C3C=CC(C3)C2C1=O.I. The third-order valence-corrected chi connectivity index (χ3v) is 7.38. The fraction of sp³-hybridized carbons (Fsp3) is 0.792. The zero-order valence-corrected chi connectivity index (χ0v) is 22.1. The largest absolute Gasteiger partial charge is 0.357 e. The molecule has 32 heavy (non-hydrogen) atoms. The van der Waals surface area contributed by atoms with Crippen LogP contribution in [0.5, 0.6) is 0 Å². The molecule has 3 fully saturated rings. The van der Waals surface area contributed by atoms with Gasteiger partial charge in [0.05, 0.1) is 11.8 Å². The molecule has 2 heterocycles. The number of allylic oxidation sites excluding steroid dienone is 2. The lowest BCUT2D eigenvalue weighted by molar-refractivity contribution is -0.140. The van der Waals surface area contributed by atoms with Crippen molar-refractivity contribution in [2.45, 2.75) is 40.0 Å². The van der Waals surface area contributed by atoms with Crippen LogP contribution in [0.3, 0.4) is 0 Å². The van der Waals surface area contributed by atoms with Crippen molar-refractivity contribution in [2.75, 3.05) is 45.8 Å². The van der Waals surface area contributed by atoms with Gasteiger partial charge in [0, 0.05) is 39.3 Å². The molecule has 2 aliphatic heterocycles. The van der Waals surface area contributed by atoms with Crippen molar-refractivity contribution in [2.24, 2.45) is 40.5 Å². The normalized spacial score (nSPS) is 34.1. The monoisotopic (exact) mass is 557 g/mol. The van der Waals surface area contributed by atoms with Gasteiger partial charge in [0.15, 0.2) is 5.96 Å². The molecule has 2 bridgehead atoms. The van der Waals surface area contributed by atoms with Gasteiger partial charge >= 0.3 is 0 Å². The summed E-state index contributed by atoms with van der Waals surface area (Å²) in [7, 11) is 0. The number of likely N-dealkylation sites (tertiary alicyclic amines) is 2. The van der Waals surface area contributed by atoms with Gasteiger partial charge in [-0.25, -0.2) is 0 Å². The number of fused-ring (bicyclic) bond motifs is 5. The summed E-state index contributed by atoms with van der Waals surface area (Å²) < 4.78 is 0. The highest BCUT2D eigenvalue weighted by molar-refractivity contribution is 14.0. The number of carbonyl (C=O) groups excluding carboxylic acids is 2. The number of nitrogens with zero attached hydrogens (tertiary/aromatic N) is 3. The van der Waals surface area contributed by atoms with E-state index in [-0.39, 0.29) is 59.5 Å². The summed E-state index contributed by atoms with van der Waals surface area (Å²) in [5.74, 6) is 2.73. The molecule has 6 unspecified atom stereocenters. The van der Waals surface area contributed by atoms with Gasteiger partial charge in [-0.3, -0.25) is 19.5 Å². The van der Waals surface area contributed by atoms with E-state index in [4.69, 9.17) is 4.99 Å². The summed E-state index contributed by atoms with van der Waals surface area (Å²) in [6.07, 6.45) is 7.63. The van der Waals surface area contributed by atoms with Gasteiger partial charge in [0.2, 0.25) is 11.8 Å². The van der Waals surface area contributed by atoms with Gasteiger partial charge in [0.25, 0.3) is 0 Å². The summed E-state index contributed by atoms with van der Waals surface area (Å²) in [4.78, 5) is 34.3. The average molecular weight is 558 g/mol. The first-order valence-electron chi connectivity index (χ1n) is 12.3. The van der Waals surface area contributed by atoms with Crippen molar-refractivity contribution in [3.05, 3.63) is 12.2 Å². The van der Waals surface area contributed by atoms with Crippen LogP contribution in [0, 0.1) is 35.5 Å². The lowest BCUT2D eigenvalue weighted by Gasteiger charge is -2.34. The number of hydrogen-bond acceptors (Lipinski definition) is 4. The summed E-state index contributed by atoms with van der Waals surface area (Å²) in [5.41, 5.74) is 0. The number of aliphatic imine (C=N–C) groups is 1. The number of rotatable bonds is 8. The highest BCUT2D eigenvalue weighted by atomic mass is 127. The Bertz CT molecular complexity index is 702. The van der Waals surface area contributed by atoms with Crippen molar-refractivity contribution in [1.82, 2.24) is 20.4 Å². The molecule has 0 aromatic carbocycles.